The summed E-state index contributed by atoms with van der Waals surface area (Å²) in [6.07, 6.45) is 0. The number of aliphatic hydroxyl groups is 1. The topological polar surface area (TPSA) is 80.7 Å². The van der Waals surface area contributed by atoms with Gasteiger partial charge in [-0.05, 0) is 13.8 Å². The maximum absolute atomic E-state index is 12.0. The normalized spacial score (nSPS) is 16.9. The maximum atomic E-state index is 12.0. The van der Waals surface area contributed by atoms with E-state index < -0.39 is 26.2 Å². The molecule has 0 aromatic heterocycles. The zero-order chi connectivity index (χ0) is 12.5. The number of halogens is 3. The van der Waals surface area contributed by atoms with Crippen LogP contribution < -0.4 is 0 Å². The lowest BCUT2D eigenvalue weighted by atomic mass is 10.4. The van der Waals surface area contributed by atoms with Gasteiger partial charge in [0, 0.05) is 0 Å². The average Bonchev–Trinajstić information content (AvgIpc) is 2.02. The molecule has 5 nitrogen and oxygen atoms in total. The molecule has 0 aromatic carbocycles. The van der Waals surface area contributed by atoms with Crippen LogP contribution >= 0.6 is 0 Å². The van der Waals surface area contributed by atoms with Gasteiger partial charge in [0.25, 0.3) is 14.8 Å². The summed E-state index contributed by atoms with van der Waals surface area (Å²) < 4.78 is 61.4. The van der Waals surface area contributed by atoms with Gasteiger partial charge >= 0.3 is 11.5 Å². The molecule has 0 spiro atoms. The Morgan fingerprint density at radius 1 is 1.40 bits per heavy atom. The Labute approximate surface area is 83.8 Å². The number of ether oxygens (including phenoxy) is 1. The van der Waals surface area contributed by atoms with Crippen LogP contribution in [0.15, 0.2) is 0 Å². The minimum absolute atomic E-state index is 0.216. The molecule has 0 aliphatic rings. The van der Waals surface area contributed by atoms with Crippen molar-refractivity contribution in [2.24, 2.45) is 0 Å². The number of esters is 1. The molecule has 0 saturated heterocycles. The van der Waals surface area contributed by atoms with E-state index in [1.165, 1.54) is 6.92 Å². The molecule has 0 fully saturated rings. The third-order valence-corrected chi connectivity index (χ3v) is 3.30. The molecule has 15 heavy (non-hydrogen) atoms. The summed E-state index contributed by atoms with van der Waals surface area (Å²) in [6.45, 7) is 1.13. The predicted octanol–water partition coefficient (Wildman–Crippen LogP) is 0.193. The molecule has 0 rings (SSSR count). The highest BCUT2D eigenvalue weighted by Crippen LogP contribution is 2.32. The van der Waals surface area contributed by atoms with Gasteiger partial charge in [-0.3, -0.25) is 0 Å². The standard InChI is InChI=1S/C6H9F3O5S/c1-3-14-4(10)5(2,11)15(12,13)6(7,8)9/h11H,3H2,1-2H3. The van der Waals surface area contributed by atoms with E-state index in [4.69, 9.17) is 5.11 Å². The van der Waals surface area contributed by atoms with Crippen molar-refractivity contribution in [3.8, 4) is 0 Å². The third kappa shape index (κ3) is 2.40. The van der Waals surface area contributed by atoms with Crippen molar-refractivity contribution in [1.82, 2.24) is 0 Å². The lowest BCUT2D eigenvalue weighted by molar-refractivity contribution is -0.156. The molecule has 1 atom stereocenters. The summed E-state index contributed by atoms with van der Waals surface area (Å²) >= 11 is 0. The molecule has 0 aliphatic heterocycles. The van der Waals surface area contributed by atoms with Crippen LogP contribution in [-0.4, -0.2) is 36.5 Å². The van der Waals surface area contributed by atoms with Crippen LogP contribution in [0.3, 0.4) is 0 Å². The van der Waals surface area contributed by atoms with Crippen LogP contribution in [0.5, 0.6) is 0 Å². The number of carbonyl (C=O) groups is 1. The number of hydrogen-bond acceptors (Lipinski definition) is 5. The largest absolute Gasteiger partial charge is 0.500 e. The van der Waals surface area contributed by atoms with Crippen molar-refractivity contribution in [1.29, 1.82) is 0 Å². The molecule has 0 aromatic rings. The molecule has 0 amide bonds. The highest BCUT2D eigenvalue weighted by atomic mass is 32.2. The van der Waals surface area contributed by atoms with Crippen molar-refractivity contribution in [3.63, 3.8) is 0 Å². The minimum atomic E-state index is -6.02. The Hall–Kier alpha value is -0.830. The van der Waals surface area contributed by atoms with Crippen LogP contribution in [0.4, 0.5) is 13.2 Å². The van der Waals surface area contributed by atoms with E-state index in [1.807, 2.05) is 0 Å². The molecule has 0 heterocycles. The Morgan fingerprint density at radius 2 is 1.80 bits per heavy atom. The van der Waals surface area contributed by atoms with Gasteiger partial charge in [0.05, 0.1) is 6.61 Å². The smallest absolute Gasteiger partial charge is 0.463 e. The number of carbonyl (C=O) groups excluding carboxylic acids is 1. The second-order valence-corrected chi connectivity index (χ2v) is 4.92. The molecule has 0 aliphatic carbocycles. The highest BCUT2D eigenvalue weighted by Gasteiger charge is 2.61. The van der Waals surface area contributed by atoms with Gasteiger partial charge in [-0.1, -0.05) is 0 Å². The molecule has 0 bridgehead atoms. The van der Waals surface area contributed by atoms with E-state index >= 15 is 0 Å². The summed E-state index contributed by atoms with van der Waals surface area (Å²) in [5, 5.41) is 8.99. The van der Waals surface area contributed by atoms with Crippen LogP contribution in [0.1, 0.15) is 13.8 Å². The first kappa shape index (κ1) is 14.2. The van der Waals surface area contributed by atoms with Gasteiger partial charge in [0.15, 0.2) is 0 Å². The van der Waals surface area contributed by atoms with Crippen molar-refractivity contribution >= 4 is 15.8 Å². The summed E-state index contributed by atoms with van der Waals surface area (Å²) in [7, 11) is -6.02. The van der Waals surface area contributed by atoms with Gasteiger partial charge in [-0.15, -0.1) is 0 Å². The van der Waals surface area contributed by atoms with E-state index in [-0.39, 0.29) is 13.5 Å². The highest BCUT2D eigenvalue weighted by molar-refractivity contribution is 7.94. The lowest BCUT2D eigenvalue weighted by Gasteiger charge is -2.22. The maximum Gasteiger partial charge on any atom is 0.500 e. The molecule has 0 saturated carbocycles. The Balaban J connectivity index is 5.31. The SMILES string of the molecule is CCOC(=O)C(C)(O)S(=O)(=O)C(F)(F)F. The summed E-state index contributed by atoms with van der Waals surface area (Å²) in [6, 6.07) is 0. The monoisotopic (exact) mass is 250 g/mol. The molecular formula is C6H9F3O5S. The van der Waals surface area contributed by atoms with Gasteiger partial charge in [0.2, 0.25) is 0 Å². The van der Waals surface area contributed by atoms with Crippen LogP contribution in [0.25, 0.3) is 0 Å². The Bertz CT molecular complexity index is 342. The van der Waals surface area contributed by atoms with Crippen LogP contribution in [0.2, 0.25) is 0 Å². The Morgan fingerprint density at radius 3 is 2.07 bits per heavy atom. The fraction of sp³-hybridized carbons (Fsp3) is 0.833. The predicted molar refractivity (Wildman–Crippen MR) is 42.2 cm³/mol. The minimum Gasteiger partial charge on any atom is -0.463 e. The average molecular weight is 250 g/mol. The van der Waals surface area contributed by atoms with Gasteiger partial charge in [0.1, 0.15) is 0 Å². The first-order valence-corrected chi connectivity index (χ1v) is 5.17. The molecule has 0 radical (unpaired) electrons. The van der Waals surface area contributed by atoms with Crippen molar-refractivity contribution in [3.05, 3.63) is 0 Å². The Kier molecular flexibility index (Phi) is 3.75. The molecule has 9 heteroatoms. The number of rotatable bonds is 3. The van der Waals surface area contributed by atoms with E-state index in [2.05, 4.69) is 4.74 Å². The zero-order valence-corrected chi connectivity index (χ0v) is 8.65. The fourth-order valence-corrected chi connectivity index (χ4v) is 1.33. The van der Waals surface area contributed by atoms with Crippen molar-refractivity contribution in [2.45, 2.75) is 24.3 Å². The molecule has 90 valence electrons. The number of hydrogen-bond donors (Lipinski definition) is 1. The molecule has 1 N–H and O–H groups in total. The second kappa shape index (κ2) is 3.97. The van der Waals surface area contributed by atoms with Gasteiger partial charge in [-0.2, -0.15) is 13.2 Å². The molecule has 1 unspecified atom stereocenters. The van der Waals surface area contributed by atoms with Crippen LogP contribution in [-0.2, 0) is 19.4 Å². The van der Waals surface area contributed by atoms with E-state index in [0.717, 1.165) is 0 Å². The van der Waals surface area contributed by atoms with Crippen molar-refractivity contribution in [2.75, 3.05) is 6.61 Å². The number of alkyl halides is 3. The first-order chi connectivity index (χ1) is 6.48. The van der Waals surface area contributed by atoms with E-state index in [0.29, 0.717) is 0 Å². The first-order valence-electron chi connectivity index (χ1n) is 3.69. The quantitative estimate of drug-likeness (QED) is 0.723. The fourth-order valence-electron chi connectivity index (χ4n) is 0.600. The summed E-state index contributed by atoms with van der Waals surface area (Å²) in [5.74, 6) is -1.86. The zero-order valence-electron chi connectivity index (χ0n) is 7.83. The van der Waals surface area contributed by atoms with E-state index in [9.17, 15) is 26.4 Å². The summed E-state index contributed by atoms with van der Waals surface area (Å²) in [5.41, 5.74) is -5.72. The van der Waals surface area contributed by atoms with Crippen molar-refractivity contribution < 1.29 is 36.2 Å². The van der Waals surface area contributed by atoms with E-state index in [1.54, 1.807) is 0 Å². The summed E-state index contributed by atoms with van der Waals surface area (Å²) in [4.78, 5) is 7.18. The van der Waals surface area contributed by atoms with Crippen LogP contribution in [0, 0.1) is 0 Å². The lowest BCUT2D eigenvalue weighted by Crippen LogP contribution is -2.50. The number of sulfone groups is 1. The van der Waals surface area contributed by atoms with Gasteiger partial charge < -0.3 is 9.84 Å². The van der Waals surface area contributed by atoms with Gasteiger partial charge in [-0.25, -0.2) is 13.2 Å². The molecular weight excluding hydrogens is 241 g/mol. The second-order valence-electron chi connectivity index (χ2n) is 2.65. The third-order valence-electron chi connectivity index (χ3n) is 1.48.